The van der Waals surface area contributed by atoms with Gasteiger partial charge in [-0.2, -0.15) is 0 Å². The zero-order valence-electron chi connectivity index (χ0n) is 19.3. The Labute approximate surface area is 200 Å². The van der Waals surface area contributed by atoms with E-state index in [0.717, 1.165) is 10.8 Å². The highest BCUT2D eigenvalue weighted by atomic mass is 16.5. The summed E-state index contributed by atoms with van der Waals surface area (Å²) in [6, 6.07) is 17.5. The average molecular weight is 476 g/mol. The number of nitrogens with one attached hydrogen (secondary N) is 2. The topological polar surface area (TPSA) is 116 Å². The van der Waals surface area contributed by atoms with Gasteiger partial charge in [0, 0.05) is 22.4 Å². The van der Waals surface area contributed by atoms with Gasteiger partial charge >= 0.3 is 5.97 Å². The van der Waals surface area contributed by atoms with Gasteiger partial charge in [0.25, 0.3) is 11.8 Å². The van der Waals surface area contributed by atoms with E-state index in [-0.39, 0.29) is 6.54 Å². The molecule has 0 atom stereocenters. The normalized spacial score (nSPS) is 10.7. The van der Waals surface area contributed by atoms with Gasteiger partial charge in [-0.1, -0.05) is 18.2 Å². The fourth-order valence-corrected chi connectivity index (χ4v) is 3.53. The van der Waals surface area contributed by atoms with Crippen LogP contribution in [0.2, 0.25) is 0 Å². The van der Waals surface area contributed by atoms with Crippen molar-refractivity contribution >= 4 is 45.4 Å². The highest BCUT2D eigenvalue weighted by Gasteiger charge is 2.16. The van der Waals surface area contributed by atoms with Crippen LogP contribution in [0.25, 0.3) is 21.9 Å². The zero-order valence-corrected chi connectivity index (χ0v) is 19.3. The summed E-state index contributed by atoms with van der Waals surface area (Å²) >= 11 is 0. The molecule has 0 aliphatic heterocycles. The second-order valence-electron chi connectivity index (χ2n) is 7.50. The summed E-state index contributed by atoms with van der Waals surface area (Å²) in [6.07, 6.45) is 0. The first-order valence-electron chi connectivity index (χ1n) is 10.9. The van der Waals surface area contributed by atoms with Crippen molar-refractivity contribution in [2.24, 2.45) is 0 Å². The Morgan fingerprint density at radius 2 is 1.71 bits per heavy atom. The summed E-state index contributed by atoms with van der Waals surface area (Å²) in [5, 5.41) is 6.90. The number of hydrogen-bond acceptors (Lipinski definition) is 7. The third kappa shape index (κ3) is 5.52. The predicted octanol–water partition coefficient (Wildman–Crippen LogP) is 3.91. The lowest BCUT2D eigenvalue weighted by molar-refractivity contribution is -0.146. The van der Waals surface area contributed by atoms with Gasteiger partial charge in [0.2, 0.25) is 0 Å². The van der Waals surface area contributed by atoms with Crippen molar-refractivity contribution in [1.82, 2.24) is 5.32 Å². The second-order valence-corrected chi connectivity index (χ2v) is 7.50. The minimum atomic E-state index is -0.751. The Morgan fingerprint density at radius 1 is 0.943 bits per heavy atom. The molecule has 0 bridgehead atoms. The van der Waals surface area contributed by atoms with Gasteiger partial charge in [-0.3, -0.25) is 14.4 Å². The van der Waals surface area contributed by atoms with E-state index in [0.29, 0.717) is 40.5 Å². The van der Waals surface area contributed by atoms with Gasteiger partial charge in [0.1, 0.15) is 29.2 Å². The largest absolute Gasteiger partial charge is 0.495 e. The molecule has 3 aromatic carbocycles. The molecule has 4 rings (SSSR count). The van der Waals surface area contributed by atoms with Crippen molar-refractivity contribution in [1.29, 1.82) is 0 Å². The number of methoxy groups -OCH3 is 1. The number of rotatable bonds is 9. The number of fused-ring (bicyclic) bond motifs is 3. The lowest BCUT2D eigenvalue weighted by Gasteiger charge is -2.11. The quantitative estimate of drug-likeness (QED) is 0.352. The molecule has 180 valence electrons. The monoisotopic (exact) mass is 476 g/mol. The van der Waals surface area contributed by atoms with E-state index in [9.17, 15) is 14.4 Å². The highest BCUT2D eigenvalue weighted by Crippen LogP contribution is 2.36. The van der Waals surface area contributed by atoms with Crippen LogP contribution in [-0.2, 0) is 14.3 Å². The second kappa shape index (κ2) is 10.6. The fraction of sp³-hybridized carbons (Fsp3) is 0.192. The summed E-state index contributed by atoms with van der Waals surface area (Å²) in [7, 11) is 1.49. The maximum atomic E-state index is 12.4. The molecule has 1 aromatic heterocycles. The number of carbonyl (C=O) groups is 3. The van der Waals surface area contributed by atoms with E-state index in [4.69, 9.17) is 18.6 Å². The molecule has 0 fully saturated rings. The highest BCUT2D eigenvalue weighted by molar-refractivity contribution is 6.08. The molecule has 2 N–H and O–H groups in total. The van der Waals surface area contributed by atoms with Crippen LogP contribution in [0.15, 0.2) is 65.1 Å². The smallest absolute Gasteiger partial charge is 0.325 e. The molecule has 0 aliphatic rings. The van der Waals surface area contributed by atoms with Crippen LogP contribution in [0.3, 0.4) is 0 Å². The molecule has 35 heavy (non-hydrogen) atoms. The third-order valence-corrected chi connectivity index (χ3v) is 5.16. The van der Waals surface area contributed by atoms with E-state index in [1.807, 2.05) is 31.2 Å². The van der Waals surface area contributed by atoms with Crippen molar-refractivity contribution in [2.75, 3.05) is 32.2 Å². The number of anilines is 1. The van der Waals surface area contributed by atoms with E-state index in [1.54, 1.807) is 36.4 Å². The number of ether oxygens (including phenoxy) is 3. The molecule has 0 radical (unpaired) electrons. The van der Waals surface area contributed by atoms with E-state index < -0.39 is 24.4 Å². The van der Waals surface area contributed by atoms with E-state index in [1.165, 1.54) is 7.11 Å². The number of esters is 1. The zero-order chi connectivity index (χ0) is 24.8. The Hall–Kier alpha value is -4.53. The molecule has 4 aromatic rings. The molecule has 0 saturated heterocycles. The maximum Gasteiger partial charge on any atom is 0.325 e. The number of amides is 2. The standard InChI is InChI=1S/C26H24N2O7/c1-3-33-17-10-8-16(9-11-17)26(31)27-14-25(30)34-15-24(29)28-20-13-22-19(12-23(20)32-2)18-6-4-5-7-21(18)35-22/h4-13H,3,14-15H2,1-2H3,(H,27,31)(H,28,29). The van der Waals surface area contributed by atoms with Gasteiger partial charge in [-0.05, 0) is 43.3 Å². The summed E-state index contributed by atoms with van der Waals surface area (Å²) in [5.74, 6) is -0.681. The minimum Gasteiger partial charge on any atom is -0.495 e. The molecule has 0 aliphatic carbocycles. The van der Waals surface area contributed by atoms with Crippen LogP contribution in [0, 0.1) is 0 Å². The minimum absolute atomic E-state index is 0.368. The molecule has 1 heterocycles. The SMILES string of the molecule is CCOc1ccc(C(=O)NCC(=O)OCC(=O)Nc2cc3oc4ccccc4c3cc2OC)cc1. The molecule has 0 unspecified atom stereocenters. The lowest BCUT2D eigenvalue weighted by Crippen LogP contribution is -2.32. The Balaban J connectivity index is 1.31. The molecule has 9 nitrogen and oxygen atoms in total. The Morgan fingerprint density at radius 3 is 2.46 bits per heavy atom. The van der Waals surface area contributed by atoms with Crippen LogP contribution in [0.1, 0.15) is 17.3 Å². The van der Waals surface area contributed by atoms with Gasteiger partial charge in [0.15, 0.2) is 6.61 Å². The molecule has 0 spiro atoms. The predicted molar refractivity (Wildman–Crippen MR) is 130 cm³/mol. The van der Waals surface area contributed by atoms with Crippen molar-refractivity contribution in [3.63, 3.8) is 0 Å². The molecule has 2 amide bonds. The molecular formula is C26H24N2O7. The summed E-state index contributed by atoms with van der Waals surface area (Å²) in [6.45, 7) is 1.47. The van der Waals surface area contributed by atoms with Crippen LogP contribution < -0.4 is 20.1 Å². The molecular weight excluding hydrogens is 452 g/mol. The fourth-order valence-electron chi connectivity index (χ4n) is 3.53. The Bertz CT molecular complexity index is 1380. The first-order valence-corrected chi connectivity index (χ1v) is 10.9. The van der Waals surface area contributed by atoms with Crippen molar-refractivity contribution in [2.45, 2.75) is 6.92 Å². The van der Waals surface area contributed by atoms with Crippen molar-refractivity contribution in [3.05, 3.63) is 66.2 Å². The van der Waals surface area contributed by atoms with Crippen LogP contribution in [-0.4, -0.2) is 44.7 Å². The van der Waals surface area contributed by atoms with Crippen LogP contribution in [0.4, 0.5) is 5.69 Å². The molecule has 9 heteroatoms. The summed E-state index contributed by atoms with van der Waals surface area (Å²) < 4.78 is 21.5. The van der Waals surface area contributed by atoms with E-state index in [2.05, 4.69) is 10.6 Å². The number of para-hydroxylation sites is 1. The lowest BCUT2D eigenvalue weighted by atomic mass is 10.1. The number of hydrogen-bond donors (Lipinski definition) is 2. The van der Waals surface area contributed by atoms with Gasteiger partial charge < -0.3 is 29.3 Å². The first kappa shape index (κ1) is 23.6. The summed E-state index contributed by atoms with van der Waals surface area (Å²) in [5.41, 5.74) is 2.04. The van der Waals surface area contributed by atoms with E-state index >= 15 is 0 Å². The number of benzene rings is 3. The Kier molecular flexibility index (Phi) is 7.15. The third-order valence-electron chi connectivity index (χ3n) is 5.16. The van der Waals surface area contributed by atoms with Gasteiger partial charge in [-0.25, -0.2) is 0 Å². The molecule has 0 saturated carbocycles. The summed E-state index contributed by atoms with van der Waals surface area (Å²) in [4.78, 5) is 36.5. The van der Waals surface area contributed by atoms with Gasteiger partial charge in [-0.15, -0.1) is 0 Å². The first-order chi connectivity index (χ1) is 17.0. The number of carbonyl (C=O) groups excluding carboxylic acids is 3. The average Bonchev–Trinajstić information content (AvgIpc) is 3.23. The van der Waals surface area contributed by atoms with Crippen molar-refractivity contribution < 1.29 is 33.0 Å². The van der Waals surface area contributed by atoms with Gasteiger partial charge in [0.05, 0.1) is 19.4 Å². The van der Waals surface area contributed by atoms with Crippen LogP contribution in [0.5, 0.6) is 11.5 Å². The van der Waals surface area contributed by atoms with Crippen molar-refractivity contribution in [3.8, 4) is 11.5 Å². The number of furan rings is 1. The maximum absolute atomic E-state index is 12.4. The van der Waals surface area contributed by atoms with Crippen LogP contribution >= 0.6 is 0 Å².